The van der Waals surface area contributed by atoms with E-state index in [4.69, 9.17) is 9.47 Å². The molecule has 49 heavy (non-hydrogen) atoms. The summed E-state index contributed by atoms with van der Waals surface area (Å²) >= 11 is 1.17. The molecule has 2 heterocycles. The highest BCUT2D eigenvalue weighted by molar-refractivity contribution is 7.07. The highest BCUT2D eigenvalue weighted by Crippen LogP contribution is 2.29. The molecule has 1 fully saturated rings. The molecule has 1 aliphatic heterocycles. The summed E-state index contributed by atoms with van der Waals surface area (Å²) in [5.74, 6) is 1.08. The van der Waals surface area contributed by atoms with Crippen LogP contribution in [0.1, 0.15) is 35.2 Å². The number of amides is 1. The van der Waals surface area contributed by atoms with E-state index in [0.29, 0.717) is 47.7 Å². The number of hydrogen-bond acceptors (Lipinski definition) is 7. The lowest BCUT2D eigenvalue weighted by atomic mass is 9.96. The van der Waals surface area contributed by atoms with Crippen molar-refractivity contribution < 1.29 is 14.3 Å². The molecule has 0 bridgehead atoms. The van der Waals surface area contributed by atoms with E-state index < -0.39 is 0 Å². The van der Waals surface area contributed by atoms with E-state index in [9.17, 15) is 14.9 Å². The number of carbonyl (C=O) groups is 1. The van der Waals surface area contributed by atoms with E-state index in [1.54, 1.807) is 22.7 Å². The maximum Gasteiger partial charge on any atom is 0.269 e. The molecule has 0 atom stereocenters. The van der Waals surface area contributed by atoms with E-state index in [1.165, 1.54) is 22.5 Å². The average Bonchev–Trinajstić information content (AvgIpc) is 3.44. The fourth-order valence-electron chi connectivity index (χ4n) is 6.15. The molecule has 4 aromatic carbocycles. The van der Waals surface area contributed by atoms with Crippen molar-refractivity contribution in [3.8, 4) is 17.6 Å². The Bertz CT molecular complexity index is 2050. The standard InChI is InChI=1S/C40H38N4O4S/c1-3-48-34-20-14-29(15-21-34)26-36-39(46)44(28-30-16-18-33(47-2)19-17-30)40(49-36)35(27-41)38(45)43-24-22-42(23-25-43)37(31-10-6-4-7-11-31)32-12-8-5-9-13-32/h4-21,26,37H,3,22-25,28H2,1-2H3/b36-26-,40-35-. The van der Waals surface area contributed by atoms with Crippen molar-refractivity contribution in [3.63, 3.8) is 0 Å². The number of aromatic nitrogens is 1. The number of rotatable bonds is 10. The van der Waals surface area contributed by atoms with Gasteiger partial charge in [0.2, 0.25) is 0 Å². The first-order valence-electron chi connectivity index (χ1n) is 16.3. The number of piperazine rings is 1. The topological polar surface area (TPSA) is 87.8 Å². The summed E-state index contributed by atoms with van der Waals surface area (Å²) in [6, 6.07) is 37.9. The van der Waals surface area contributed by atoms with Crippen LogP contribution in [0, 0.1) is 11.3 Å². The number of carbonyl (C=O) groups excluding carboxylic acids is 1. The van der Waals surface area contributed by atoms with Gasteiger partial charge in [-0.2, -0.15) is 5.26 Å². The van der Waals surface area contributed by atoms with Gasteiger partial charge in [0.25, 0.3) is 11.5 Å². The highest BCUT2D eigenvalue weighted by atomic mass is 32.1. The number of benzene rings is 4. The number of nitrogens with zero attached hydrogens (tertiary/aromatic N) is 4. The molecule has 0 radical (unpaired) electrons. The Morgan fingerprint density at radius 2 is 1.45 bits per heavy atom. The lowest BCUT2D eigenvalue weighted by Gasteiger charge is -2.39. The number of nitriles is 1. The third-order valence-corrected chi connectivity index (χ3v) is 9.76. The molecular formula is C40H38N4O4S. The Morgan fingerprint density at radius 1 is 0.857 bits per heavy atom. The lowest BCUT2D eigenvalue weighted by Crippen LogP contribution is -2.50. The molecule has 1 saturated heterocycles. The summed E-state index contributed by atoms with van der Waals surface area (Å²) in [4.78, 5) is 32.2. The Balaban J connectivity index is 1.34. The smallest absolute Gasteiger partial charge is 0.269 e. The van der Waals surface area contributed by atoms with Gasteiger partial charge in [-0.25, -0.2) is 0 Å². The fourth-order valence-corrected chi connectivity index (χ4v) is 7.25. The van der Waals surface area contributed by atoms with E-state index in [1.807, 2.05) is 91.9 Å². The lowest BCUT2D eigenvalue weighted by molar-refractivity contribution is -0.126. The van der Waals surface area contributed by atoms with Crippen LogP contribution in [0.4, 0.5) is 0 Å². The first-order chi connectivity index (χ1) is 24.0. The minimum Gasteiger partial charge on any atom is -0.497 e. The minimum atomic E-state index is -0.365. The molecule has 0 unspecified atom stereocenters. The zero-order valence-electron chi connectivity index (χ0n) is 27.6. The number of ether oxygens (including phenoxy) is 2. The van der Waals surface area contributed by atoms with Crippen molar-refractivity contribution in [1.29, 1.82) is 5.26 Å². The SMILES string of the molecule is CCOc1ccc(/C=c2\s/c(=C(/C#N)C(=O)N3CCN(C(c4ccccc4)c4ccccc4)CC3)n(Cc3ccc(OC)cc3)c2=O)cc1. The minimum absolute atomic E-state index is 0.0296. The van der Waals surface area contributed by atoms with Gasteiger partial charge in [-0.05, 0) is 59.5 Å². The van der Waals surface area contributed by atoms with Gasteiger partial charge in [0, 0.05) is 26.2 Å². The van der Waals surface area contributed by atoms with Crippen LogP contribution in [0.25, 0.3) is 11.6 Å². The Kier molecular flexibility index (Phi) is 10.7. The molecule has 5 aromatic rings. The van der Waals surface area contributed by atoms with Crippen LogP contribution in [0.5, 0.6) is 11.5 Å². The molecule has 0 N–H and O–H groups in total. The second kappa shape index (κ2) is 15.6. The second-order valence-corrected chi connectivity index (χ2v) is 12.7. The maximum absolute atomic E-state index is 14.1. The Labute approximate surface area is 290 Å². The van der Waals surface area contributed by atoms with Gasteiger partial charge in [-0.1, -0.05) is 84.9 Å². The van der Waals surface area contributed by atoms with Gasteiger partial charge in [0.05, 0.1) is 30.8 Å². The molecule has 0 spiro atoms. The summed E-state index contributed by atoms with van der Waals surface area (Å²) in [6.07, 6.45) is 1.79. The van der Waals surface area contributed by atoms with Crippen LogP contribution in [0.15, 0.2) is 114 Å². The van der Waals surface area contributed by atoms with Crippen molar-refractivity contribution in [2.45, 2.75) is 19.5 Å². The van der Waals surface area contributed by atoms with Crippen LogP contribution in [0.2, 0.25) is 0 Å². The molecule has 8 nitrogen and oxygen atoms in total. The van der Waals surface area contributed by atoms with Crippen molar-refractivity contribution in [1.82, 2.24) is 14.4 Å². The maximum atomic E-state index is 14.1. The van der Waals surface area contributed by atoms with Gasteiger partial charge >= 0.3 is 0 Å². The summed E-state index contributed by atoms with van der Waals surface area (Å²) in [7, 11) is 1.60. The monoisotopic (exact) mass is 670 g/mol. The fraction of sp³-hybridized carbons (Fsp3) is 0.225. The van der Waals surface area contributed by atoms with Crippen LogP contribution in [-0.4, -0.2) is 60.2 Å². The molecule has 248 valence electrons. The number of hydrogen-bond donors (Lipinski definition) is 0. The quantitative estimate of drug-likeness (QED) is 0.212. The van der Waals surface area contributed by atoms with E-state index in [0.717, 1.165) is 16.9 Å². The normalized spacial score (nSPS) is 14.4. The summed E-state index contributed by atoms with van der Waals surface area (Å²) < 4.78 is 13.2. The first kappa shape index (κ1) is 33.5. The van der Waals surface area contributed by atoms with Crippen LogP contribution < -0.4 is 24.2 Å². The first-order valence-corrected chi connectivity index (χ1v) is 17.2. The Morgan fingerprint density at radius 3 is 2.00 bits per heavy atom. The predicted octanol–water partition coefficient (Wildman–Crippen LogP) is 4.80. The van der Waals surface area contributed by atoms with E-state index in [-0.39, 0.29) is 29.6 Å². The molecular weight excluding hydrogens is 633 g/mol. The number of thiazole rings is 1. The zero-order valence-corrected chi connectivity index (χ0v) is 28.4. The zero-order chi connectivity index (χ0) is 34.2. The van der Waals surface area contributed by atoms with Crippen molar-refractivity contribution in [3.05, 3.63) is 151 Å². The van der Waals surface area contributed by atoms with Crippen molar-refractivity contribution >= 4 is 28.9 Å². The molecule has 1 aliphatic rings. The van der Waals surface area contributed by atoms with Gasteiger partial charge in [-0.15, -0.1) is 11.3 Å². The Hall–Kier alpha value is -5.43. The van der Waals surface area contributed by atoms with E-state index in [2.05, 4.69) is 35.2 Å². The summed E-state index contributed by atoms with van der Waals surface area (Å²) in [5.41, 5.74) is 3.75. The summed E-state index contributed by atoms with van der Waals surface area (Å²) in [6.45, 7) is 4.88. The largest absolute Gasteiger partial charge is 0.497 e. The van der Waals surface area contributed by atoms with Gasteiger partial charge < -0.3 is 14.4 Å². The third-order valence-electron chi connectivity index (χ3n) is 8.63. The van der Waals surface area contributed by atoms with Crippen LogP contribution >= 0.6 is 11.3 Å². The molecule has 1 amide bonds. The van der Waals surface area contributed by atoms with Crippen molar-refractivity contribution in [2.75, 3.05) is 39.9 Å². The molecule has 9 heteroatoms. The molecule has 0 saturated carbocycles. The molecule has 6 rings (SSSR count). The molecule has 0 aliphatic carbocycles. The van der Waals surface area contributed by atoms with E-state index >= 15 is 0 Å². The van der Waals surface area contributed by atoms with Gasteiger partial charge in [0.1, 0.15) is 22.2 Å². The molecule has 1 aromatic heterocycles. The van der Waals surface area contributed by atoms with Crippen LogP contribution in [0.3, 0.4) is 0 Å². The van der Waals surface area contributed by atoms with Gasteiger partial charge in [0.15, 0.2) is 5.57 Å². The second-order valence-electron chi connectivity index (χ2n) is 11.7. The van der Waals surface area contributed by atoms with Gasteiger partial charge in [-0.3, -0.25) is 19.1 Å². The number of methoxy groups -OCH3 is 1. The third kappa shape index (κ3) is 7.67. The summed E-state index contributed by atoms with van der Waals surface area (Å²) in [5, 5.41) is 10.5. The predicted molar refractivity (Wildman–Crippen MR) is 193 cm³/mol. The van der Waals surface area contributed by atoms with Crippen LogP contribution in [-0.2, 0) is 11.3 Å². The highest BCUT2D eigenvalue weighted by Gasteiger charge is 2.30. The van der Waals surface area contributed by atoms with Crippen molar-refractivity contribution in [2.24, 2.45) is 0 Å². The average molecular weight is 671 g/mol.